The summed E-state index contributed by atoms with van der Waals surface area (Å²) in [6.45, 7) is 1.97. The first-order chi connectivity index (χ1) is 14.4. The molecule has 0 aliphatic heterocycles. The third kappa shape index (κ3) is 3.34. The number of hydrogen-bond acceptors (Lipinski definition) is 4. The molecule has 2 N–H and O–H groups in total. The number of carbonyl (C=O) groups excluding carboxylic acids is 1. The van der Waals surface area contributed by atoms with E-state index in [9.17, 15) is 14.3 Å². The number of aromatic nitrogens is 3. The summed E-state index contributed by atoms with van der Waals surface area (Å²) in [7, 11) is 0. The predicted octanol–water partition coefficient (Wildman–Crippen LogP) is 4.28. The van der Waals surface area contributed by atoms with Crippen molar-refractivity contribution < 1.29 is 14.3 Å². The number of fused-ring (bicyclic) bond motifs is 5. The fraction of sp³-hybridized carbons (Fsp3) is 0.875. The Balaban J connectivity index is 1.29. The van der Waals surface area contributed by atoms with Gasteiger partial charge in [0.15, 0.2) is 0 Å². The zero-order chi connectivity index (χ0) is 20.9. The number of alkyl halides is 1. The SMILES string of the molecule is C[C@]12CC[C@H]3[C@@H](CC[C@@H]4C[C@@](O)(CCF)CC[C@@H]43)[C@@H]1CC[C@@H]2C(=O)Cc1ncn[nH]1. The van der Waals surface area contributed by atoms with Crippen molar-refractivity contribution in [2.45, 2.75) is 83.2 Å². The number of nitrogens with zero attached hydrogens (tertiary/aromatic N) is 2. The van der Waals surface area contributed by atoms with Gasteiger partial charge in [0.05, 0.1) is 18.7 Å². The normalized spacial score (nSPS) is 45.4. The Morgan fingerprint density at radius 3 is 2.77 bits per heavy atom. The van der Waals surface area contributed by atoms with E-state index in [1.165, 1.54) is 32.0 Å². The lowest BCUT2D eigenvalue weighted by Crippen LogP contribution is -2.51. The molecule has 1 aromatic rings. The van der Waals surface area contributed by atoms with Gasteiger partial charge in [-0.3, -0.25) is 14.3 Å². The van der Waals surface area contributed by atoms with Gasteiger partial charge in [-0.15, -0.1) is 0 Å². The van der Waals surface area contributed by atoms with Crippen LogP contribution in [0.4, 0.5) is 4.39 Å². The van der Waals surface area contributed by atoms with Crippen LogP contribution in [0.1, 0.15) is 77.0 Å². The number of Topliss-reactive ketones (excluding diaryl/α,β-unsaturated/α-hetero) is 1. The Bertz CT molecular complexity index is 771. The van der Waals surface area contributed by atoms with Gasteiger partial charge in [-0.1, -0.05) is 6.92 Å². The third-order valence-electron chi connectivity index (χ3n) is 9.86. The van der Waals surface area contributed by atoms with E-state index in [0.717, 1.165) is 43.9 Å². The standard InChI is InChI=1S/C24H36FN3O2/c1-23-8-6-17-16-7-9-24(30,10-11-25)13-15(16)2-3-18(17)19(23)4-5-20(23)21(29)12-22-26-14-27-28-22/h14-20,30H,2-13H2,1H3,(H,26,27,28)/t15-,16+,17-,18-,19+,20-,23+,24+/m1/s1. The number of aliphatic hydroxyl groups is 1. The van der Waals surface area contributed by atoms with Gasteiger partial charge in [0, 0.05) is 12.3 Å². The smallest absolute Gasteiger partial charge is 0.144 e. The second kappa shape index (κ2) is 7.68. The average molecular weight is 418 g/mol. The molecular weight excluding hydrogens is 381 g/mol. The van der Waals surface area contributed by atoms with Crippen LogP contribution in [0.15, 0.2) is 6.33 Å². The topological polar surface area (TPSA) is 78.9 Å². The molecule has 4 aliphatic rings. The Morgan fingerprint density at radius 2 is 2.00 bits per heavy atom. The molecule has 4 aliphatic carbocycles. The second-order valence-electron chi connectivity index (χ2n) is 11.1. The Labute approximate surface area is 178 Å². The van der Waals surface area contributed by atoms with Gasteiger partial charge in [-0.25, -0.2) is 4.98 Å². The zero-order valence-electron chi connectivity index (χ0n) is 18.2. The number of rotatable bonds is 5. The minimum Gasteiger partial charge on any atom is -0.390 e. The summed E-state index contributed by atoms with van der Waals surface area (Å²) in [5.41, 5.74) is -0.647. The predicted molar refractivity (Wildman–Crippen MR) is 111 cm³/mol. The van der Waals surface area contributed by atoms with Crippen molar-refractivity contribution in [2.75, 3.05) is 6.67 Å². The summed E-state index contributed by atoms with van der Waals surface area (Å²) in [5.74, 6) is 4.52. The molecule has 5 nitrogen and oxygen atoms in total. The van der Waals surface area contributed by atoms with Crippen molar-refractivity contribution in [3.05, 3.63) is 12.2 Å². The Kier molecular flexibility index (Phi) is 5.27. The Morgan fingerprint density at radius 1 is 1.17 bits per heavy atom. The van der Waals surface area contributed by atoms with Gasteiger partial charge in [0.2, 0.25) is 0 Å². The highest BCUT2D eigenvalue weighted by atomic mass is 19.1. The van der Waals surface area contributed by atoms with Crippen LogP contribution < -0.4 is 0 Å². The maximum atomic E-state index is 13.1. The van der Waals surface area contributed by atoms with Gasteiger partial charge in [-0.2, -0.15) is 5.10 Å². The van der Waals surface area contributed by atoms with Gasteiger partial charge < -0.3 is 5.11 Å². The first kappa shape index (κ1) is 20.6. The molecule has 0 unspecified atom stereocenters. The molecule has 4 saturated carbocycles. The molecule has 1 aromatic heterocycles. The molecule has 5 rings (SSSR count). The summed E-state index contributed by atoms with van der Waals surface area (Å²) in [4.78, 5) is 17.3. The van der Waals surface area contributed by atoms with Gasteiger partial charge in [0.1, 0.15) is 17.9 Å². The number of halogens is 1. The average Bonchev–Trinajstić information content (AvgIpc) is 3.34. The van der Waals surface area contributed by atoms with Crippen LogP contribution in [0.25, 0.3) is 0 Å². The summed E-state index contributed by atoms with van der Waals surface area (Å²) in [6.07, 6.45) is 11.7. The first-order valence-corrected chi connectivity index (χ1v) is 12.1. The quantitative estimate of drug-likeness (QED) is 0.750. The van der Waals surface area contributed by atoms with Crippen molar-refractivity contribution in [1.29, 1.82) is 0 Å². The molecule has 0 radical (unpaired) electrons. The highest BCUT2D eigenvalue weighted by Gasteiger charge is 2.58. The van der Waals surface area contributed by atoms with Crippen LogP contribution in [-0.2, 0) is 11.2 Å². The number of H-pyrrole nitrogens is 1. The highest BCUT2D eigenvalue weighted by Crippen LogP contribution is 2.64. The first-order valence-electron chi connectivity index (χ1n) is 12.1. The van der Waals surface area contributed by atoms with E-state index >= 15 is 0 Å². The van der Waals surface area contributed by atoms with E-state index in [1.54, 1.807) is 0 Å². The third-order valence-corrected chi connectivity index (χ3v) is 9.86. The van der Waals surface area contributed by atoms with Crippen molar-refractivity contribution in [1.82, 2.24) is 15.2 Å². The minimum atomic E-state index is -0.766. The maximum Gasteiger partial charge on any atom is 0.144 e. The molecule has 0 amide bonds. The zero-order valence-corrected chi connectivity index (χ0v) is 18.2. The van der Waals surface area contributed by atoms with Crippen molar-refractivity contribution >= 4 is 5.78 Å². The number of aromatic amines is 1. The van der Waals surface area contributed by atoms with Crippen LogP contribution in [0.2, 0.25) is 0 Å². The van der Waals surface area contributed by atoms with Crippen molar-refractivity contribution in [3.63, 3.8) is 0 Å². The molecule has 0 aromatic carbocycles. The number of ketones is 1. The van der Waals surface area contributed by atoms with Crippen LogP contribution >= 0.6 is 0 Å². The molecule has 30 heavy (non-hydrogen) atoms. The monoisotopic (exact) mass is 417 g/mol. The lowest BCUT2D eigenvalue weighted by molar-refractivity contribution is -0.132. The van der Waals surface area contributed by atoms with Crippen LogP contribution in [-0.4, -0.2) is 38.3 Å². The van der Waals surface area contributed by atoms with Gasteiger partial charge >= 0.3 is 0 Å². The van der Waals surface area contributed by atoms with Gasteiger partial charge in [0.25, 0.3) is 0 Å². The molecule has 1 heterocycles. The molecule has 4 fully saturated rings. The van der Waals surface area contributed by atoms with Gasteiger partial charge in [-0.05, 0) is 92.8 Å². The van der Waals surface area contributed by atoms with Crippen LogP contribution in [0.5, 0.6) is 0 Å². The summed E-state index contributed by atoms with van der Waals surface area (Å²) < 4.78 is 12.9. The molecule has 0 spiro atoms. The highest BCUT2D eigenvalue weighted by molar-refractivity contribution is 5.83. The second-order valence-corrected chi connectivity index (χ2v) is 11.1. The lowest BCUT2D eigenvalue weighted by Gasteiger charge is -2.57. The fourth-order valence-electron chi connectivity index (χ4n) is 8.50. The number of nitrogens with one attached hydrogen (secondary N) is 1. The van der Waals surface area contributed by atoms with Crippen molar-refractivity contribution in [2.24, 2.45) is 40.9 Å². The maximum absolute atomic E-state index is 13.1. The lowest BCUT2D eigenvalue weighted by atomic mass is 9.48. The molecule has 8 atom stereocenters. The molecule has 0 saturated heterocycles. The number of hydrogen-bond donors (Lipinski definition) is 2. The molecular formula is C24H36FN3O2. The minimum absolute atomic E-state index is 0.120. The van der Waals surface area contributed by atoms with Crippen LogP contribution in [0, 0.1) is 40.9 Å². The van der Waals surface area contributed by atoms with E-state index < -0.39 is 12.3 Å². The van der Waals surface area contributed by atoms with E-state index in [0.29, 0.717) is 42.2 Å². The van der Waals surface area contributed by atoms with Crippen LogP contribution in [0.3, 0.4) is 0 Å². The largest absolute Gasteiger partial charge is 0.390 e. The van der Waals surface area contributed by atoms with E-state index in [4.69, 9.17) is 0 Å². The van der Waals surface area contributed by atoms with Crippen molar-refractivity contribution in [3.8, 4) is 0 Å². The molecule has 166 valence electrons. The summed E-state index contributed by atoms with van der Waals surface area (Å²) >= 11 is 0. The summed E-state index contributed by atoms with van der Waals surface area (Å²) in [5, 5.41) is 17.5. The summed E-state index contributed by atoms with van der Waals surface area (Å²) in [6, 6.07) is 0. The van der Waals surface area contributed by atoms with E-state index in [-0.39, 0.29) is 11.3 Å². The fourth-order valence-corrected chi connectivity index (χ4v) is 8.50. The van der Waals surface area contributed by atoms with E-state index in [2.05, 4.69) is 22.1 Å². The Hall–Kier alpha value is -1.30. The number of carbonyl (C=O) groups is 1. The molecule has 6 heteroatoms. The van der Waals surface area contributed by atoms with E-state index in [1.807, 2.05) is 0 Å². The molecule has 0 bridgehead atoms.